The lowest BCUT2D eigenvalue weighted by Crippen LogP contribution is -2.42. The monoisotopic (exact) mass is 561 g/mol. The number of amides is 1. The molecule has 1 fully saturated rings. The maximum Gasteiger partial charge on any atom is 0.326 e. The molecular weight excluding hydrogens is 533 g/mol. The van der Waals surface area contributed by atoms with Crippen molar-refractivity contribution in [3.8, 4) is 11.3 Å². The van der Waals surface area contributed by atoms with E-state index < -0.39 is 17.9 Å². The van der Waals surface area contributed by atoms with Crippen molar-refractivity contribution in [3.63, 3.8) is 0 Å². The van der Waals surface area contributed by atoms with Crippen LogP contribution in [0.5, 0.6) is 0 Å². The van der Waals surface area contributed by atoms with E-state index in [1.807, 2.05) is 42.5 Å². The van der Waals surface area contributed by atoms with E-state index in [0.29, 0.717) is 32.8 Å². The lowest BCUT2D eigenvalue weighted by Gasteiger charge is -2.22. The normalized spacial score (nSPS) is 14.7. The summed E-state index contributed by atoms with van der Waals surface area (Å²) in [5, 5.41) is 17.8. The molecular formula is C31H29Cl2N3O3. The van der Waals surface area contributed by atoms with Gasteiger partial charge in [0, 0.05) is 22.9 Å². The lowest BCUT2D eigenvalue weighted by atomic mass is 9.91. The summed E-state index contributed by atoms with van der Waals surface area (Å²) in [6, 6.07) is 21.0. The van der Waals surface area contributed by atoms with Crippen molar-refractivity contribution >= 4 is 46.0 Å². The zero-order valence-corrected chi connectivity index (χ0v) is 22.8. The average molecular weight is 562 g/mol. The third-order valence-corrected chi connectivity index (χ3v) is 7.84. The fourth-order valence-corrected chi connectivity index (χ4v) is 5.66. The zero-order valence-electron chi connectivity index (χ0n) is 21.3. The standard InChI is InChI=1S/C31H29Cl2N3O3/c32-24-2-1-3-25(33)29(24)27-11-9-23-17-21(6-10-26(23)35-27)18-28(31(38)39)36-30(37)22-7-4-19(5-8-22)16-20-12-14-34-15-13-20/h1-11,17,20,28,34H,12-16,18H2,(H,36,37)(H,38,39). The molecule has 1 amide bonds. The largest absolute Gasteiger partial charge is 0.480 e. The fraction of sp³-hybridized carbons (Fsp3) is 0.258. The molecule has 1 aromatic heterocycles. The highest BCUT2D eigenvalue weighted by molar-refractivity contribution is 6.39. The second-order valence-corrected chi connectivity index (χ2v) is 10.8. The van der Waals surface area contributed by atoms with Crippen molar-refractivity contribution in [1.29, 1.82) is 0 Å². The molecule has 39 heavy (non-hydrogen) atoms. The molecule has 4 aromatic rings. The number of fused-ring (bicyclic) bond motifs is 1. The number of carbonyl (C=O) groups excluding carboxylic acids is 1. The van der Waals surface area contributed by atoms with Crippen LogP contribution < -0.4 is 10.6 Å². The Morgan fingerprint density at radius 2 is 1.64 bits per heavy atom. The van der Waals surface area contributed by atoms with E-state index in [1.54, 1.807) is 30.3 Å². The number of nitrogens with one attached hydrogen (secondary N) is 2. The average Bonchev–Trinajstić information content (AvgIpc) is 2.93. The molecule has 1 unspecified atom stereocenters. The molecule has 5 rings (SSSR count). The number of benzene rings is 3. The summed E-state index contributed by atoms with van der Waals surface area (Å²) in [6.07, 6.45) is 3.45. The minimum absolute atomic E-state index is 0.142. The van der Waals surface area contributed by atoms with Crippen LogP contribution in [0.4, 0.5) is 0 Å². The zero-order chi connectivity index (χ0) is 27.4. The number of aliphatic carboxylic acids is 1. The number of halogens is 2. The van der Waals surface area contributed by atoms with Crippen molar-refractivity contribution in [3.05, 3.63) is 99.5 Å². The Morgan fingerprint density at radius 3 is 2.33 bits per heavy atom. The van der Waals surface area contributed by atoms with Crippen LogP contribution in [0.25, 0.3) is 22.2 Å². The van der Waals surface area contributed by atoms with Gasteiger partial charge in [0.05, 0.1) is 21.3 Å². The molecule has 3 aromatic carbocycles. The van der Waals surface area contributed by atoms with Gasteiger partial charge in [-0.15, -0.1) is 0 Å². The van der Waals surface area contributed by atoms with Crippen molar-refractivity contribution in [2.45, 2.75) is 31.7 Å². The van der Waals surface area contributed by atoms with Crippen LogP contribution in [0.3, 0.4) is 0 Å². The highest BCUT2D eigenvalue weighted by Crippen LogP contribution is 2.34. The van der Waals surface area contributed by atoms with Crippen LogP contribution >= 0.6 is 23.2 Å². The minimum atomic E-state index is -1.09. The van der Waals surface area contributed by atoms with Crippen molar-refractivity contribution in [2.24, 2.45) is 5.92 Å². The van der Waals surface area contributed by atoms with Gasteiger partial charge >= 0.3 is 5.97 Å². The summed E-state index contributed by atoms with van der Waals surface area (Å²) in [6.45, 7) is 2.10. The number of nitrogens with zero attached hydrogens (tertiary/aromatic N) is 1. The number of carboxylic acids is 1. The van der Waals surface area contributed by atoms with Gasteiger partial charge in [-0.3, -0.25) is 4.79 Å². The number of pyridine rings is 1. The molecule has 1 aliphatic rings. The molecule has 200 valence electrons. The molecule has 0 radical (unpaired) electrons. The number of hydrogen-bond donors (Lipinski definition) is 3. The summed E-state index contributed by atoms with van der Waals surface area (Å²) < 4.78 is 0. The fourth-order valence-electron chi connectivity index (χ4n) is 5.07. The first kappa shape index (κ1) is 27.1. The first-order valence-corrected chi connectivity index (χ1v) is 13.8. The van der Waals surface area contributed by atoms with E-state index in [1.165, 1.54) is 5.56 Å². The minimum Gasteiger partial charge on any atom is -0.480 e. The van der Waals surface area contributed by atoms with Crippen LogP contribution in [0.2, 0.25) is 10.0 Å². The molecule has 1 atom stereocenters. The Bertz CT molecular complexity index is 1480. The first-order chi connectivity index (χ1) is 18.9. The Morgan fingerprint density at radius 1 is 0.949 bits per heavy atom. The van der Waals surface area contributed by atoms with Gasteiger partial charge in [-0.25, -0.2) is 9.78 Å². The predicted molar refractivity (Wildman–Crippen MR) is 156 cm³/mol. The van der Waals surface area contributed by atoms with Crippen molar-refractivity contribution in [2.75, 3.05) is 13.1 Å². The van der Waals surface area contributed by atoms with Gasteiger partial charge in [0.1, 0.15) is 6.04 Å². The van der Waals surface area contributed by atoms with Crippen LogP contribution in [-0.4, -0.2) is 41.1 Å². The highest BCUT2D eigenvalue weighted by Gasteiger charge is 2.22. The maximum absolute atomic E-state index is 12.9. The van der Waals surface area contributed by atoms with Crippen molar-refractivity contribution in [1.82, 2.24) is 15.6 Å². The molecule has 8 heteroatoms. The Kier molecular flexibility index (Phi) is 8.46. The lowest BCUT2D eigenvalue weighted by molar-refractivity contribution is -0.139. The molecule has 3 N–H and O–H groups in total. The van der Waals surface area contributed by atoms with Gasteiger partial charge in [-0.05, 0) is 91.9 Å². The Hall–Kier alpha value is -3.45. The smallest absolute Gasteiger partial charge is 0.326 e. The number of rotatable bonds is 8. The highest BCUT2D eigenvalue weighted by atomic mass is 35.5. The molecule has 2 heterocycles. The Balaban J connectivity index is 1.27. The summed E-state index contributed by atoms with van der Waals surface area (Å²) in [5.41, 5.74) is 4.47. The number of aromatic nitrogens is 1. The van der Waals surface area contributed by atoms with Crippen molar-refractivity contribution < 1.29 is 14.7 Å². The Labute approximate surface area is 237 Å². The second-order valence-electron chi connectivity index (χ2n) is 9.98. The summed E-state index contributed by atoms with van der Waals surface area (Å²) in [4.78, 5) is 29.6. The van der Waals surface area contributed by atoms with E-state index >= 15 is 0 Å². The third-order valence-electron chi connectivity index (χ3n) is 7.21. The topological polar surface area (TPSA) is 91.3 Å². The van der Waals surface area contributed by atoms with Gasteiger partial charge < -0.3 is 15.7 Å². The summed E-state index contributed by atoms with van der Waals surface area (Å²) in [5.74, 6) is -0.840. The number of carboxylic acid groups (broad SMARTS) is 1. The second kappa shape index (κ2) is 12.2. The molecule has 6 nitrogen and oxygen atoms in total. The van der Waals surface area contributed by atoms with E-state index in [0.717, 1.165) is 48.8 Å². The number of carbonyl (C=O) groups is 2. The molecule has 1 saturated heterocycles. The van der Waals surface area contributed by atoms with Gasteiger partial charge in [0.15, 0.2) is 0 Å². The van der Waals surface area contributed by atoms with Gasteiger partial charge in [0.2, 0.25) is 0 Å². The molecule has 0 saturated carbocycles. The van der Waals surface area contributed by atoms with Gasteiger partial charge in [-0.2, -0.15) is 0 Å². The summed E-state index contributed by atoms with van der Waals surface area (Å²) >= 11 is 12.7. The van der Waals surface area contributed by atoms with Gasteiger partial charge in [0.25, 0.3) is 5.91 Å². The predicted octanol–water partition coefficient (Wildman–Crippen LogP) is 6.18. The van der Waals surface area contributed by atoms with Gasteiger partial charge in [-0.1, -0.05) is 53.5 Å². The number of hydrogen-bond acceptors (Lipinski definition) is 4. The van der Waals surface area contributed by atoms with Crippen LogP contribution in [0, 0.1) is 5.92 Å². The third kappa shape index (κ3) is 6.59. The molecule has 0 bridgehead atoms. The maximum atomic E-state index is 12.9. The molecule has 0 aliphatic carbocycles. The van der Waals surface area contributed by atoms with E-state index in [2.05, 4.69) is 10.6 Å². The van der Waals surface area contributed by atoms with E-state index in [-0.39, 0.29) is 6.42 Å². The summed E-state index contributed by atoms with van der Waals surface area (Å²) in [7, 11) is 0. The number of piperidine rings is 1. The van der Waals surface area contributed by atoms with E-state index in [9.17, 15) is 14.7 Å². The first-order valence-electron chi connectivity index (χ1n) is 13.0. The van der Waals surface area contributed by atoms with E-state index in [4.69, 9.17) is 28.2 Å². The van der Waals surface area contributed by atoms with Crippen LogP contribution in [0.15, 0.2) is 72.8 Å². The van der Waals surface area contributed by atoms with Crippen LogP contribution in [-0.2, 0) is 17.6 Å². The quantitative estimate of drug-likeness (QED) is 0.239. The van der Waals surface area contributed by atoms with Crippen LogP contribution in [0.1, 0.15) is 34.3 Å². The SMILES string of the molecule is O=C(NC(Cc1ccc2nc(-c3c(Cl)cccc3Cl)ccc2c1)C(=O)O)c1ccc(CC2CCNCC2)cc1. The molecule has 1 aliphatic heterocycles. The molecule has 0 spiro atoms.